The molecule has 0 bridgehead atoms. The second-order valence-electron chi connectivity index (χ2n) is 5.59. The molecule has 0 saturated heterocycles. The van der Waals surface area contributed by atoms with E-state index in [1.54, 1.807) is 6.92 Å². The minimum Gasteiger partial charge on any atom is -0.478 e. The highest BCUT2D eigenvalue weighted by atomic mass is 16.4. The van der Waals surface area contributed by atoms with E-state index in [0.29, 0.717) is 0 Å². The van der Waals surface area contributed by atoms with E-state index in [-0.39, 0.29) is 34.4 Å². The summed E-state index contributed by atoms with van der Waals surface area (Å²) in [5.74, 6) is -2.74. The smallest absolute Gasteiger partial charge is 0.336 e. The fourth-order valence-electron chi connectivity index (χ4n) is 2.12. The van der Waals surface area contributed by atoms with Crippen LogP contribution in [0.1, 0.15) is 47.1 Å². The molecule has 0 spiro atoms. The lowest BCUT2D eigenvalue weighted by atomic mass is 9.89. The number of carboxylic acid groups (broad SMARTS) is 2. The van der Waals surface area contributed by atoms with E-state index in [1.165, 1.54) is 12.1 Å². The molecule has 2 rings (SSSR count). The third-order valence-electron chi connectivity index (χ3n) is 3.91. The number of carbonyl (C=O) groups is 3. The summed E-state index contributed by atoms with van der Waals surface area (Å²) in [5.41, 5.74) is -1.14. The van der Waals surface area contributed by atoms with Gasteiger partial charge in [-0.15, -0.1) is 0 Å². The molecule has 0 aliphatic carbocycles. The van der Waals surface area contributed by atoms with Crippen molar-refractivity contribution in [3.63, 3.8) is 0 Å². The zero-order valence-electron chi connectivity index (χ0n) is 12.4. The molecule has 1 amide bonds. The van der Waals surface area contributed by atoms with Crippen LogP contribution in [0, 0.1) is 5.92 Å². The fourth-order valence-corrected chi connectivity index (χ4v) is 2.12. The number of benzene rings is 1. The Balaban J connectivity index is 2.57. The Bertz CT molecular complexity index is 708. The summed E-state index contributed by atoms with van der Waals surface area (Å²) >= 11 is 0. The highest BCUT2D eigenvalue weighted by Gasteiger charge is 2.42. The first-order valence-corrected chi connectivity index (χ1v) is 6.69. The quantitative estimate of drug-likeness (QED) is 0.777. The van der Waals surface area contributed by atoms with Crippen molar-refractivity contribution < 1.29 is 24.6 Å². The number of nitrogens with zero attached hydrogens (tertiary/aromatic N) is 1. The lowest BCUT2D eigenvalue weighted by Crippen LogP contribution is -2.41. The summed E-state index contributed by atoms with van der Waals surface area (Å²) in [4.78, 5) is 38.8. The number of aliphatic imine (C=N–C) groups is 1. The predicted molar refractivity (Wildman–Crippen MR) is 78.3 cm³/mol. The Hall–Kier alpha value is -2.70. The van der Waals surface area contributed by atoms with Gasteiger partial charge in [-0.1, -0.05) is 13.8 Å². The Morgan fingerprint density at radius 2 is 1.86 bits per heavy atom. The van der Waals surface area contributed by atoms with Gasteiger partial charge in [0.1, 0.15) is 11.4 Å². The average Bonchev–Trinajstić information content (AvgIpc) is 2.75. The van der Waals surface area contributed by atoms with Crippen molar-refractivity contribution >= 4 is 23.7 Å². The molecule has 0 aromatic heterocycles. The molecule has 1 aromatic carbocycles. The molecular weight excluding hydrogens is 288 g/mol. The molecule has 1 aliphatic rings. The summed E-state index contributed by atoms with van der Waals surface area (Å²) in [6, 6.07) is 3.68. The number of nitrogens with one attached hydrogen (secondary N) is 1. The van der Waals surface area contributed by atoms with E-state index in [1.807, 2.05) is 13.8 Å². The van der Waals surface area contributed by atoms with Crippen molar-refractivity contribution in [1.29, 1.82) is 0 Å². The summed E-state index contributed by atoms with van der Waals surface area (Å²) in [5, 5.41) is 20.8. The van der Waals surface area contributed by atoms with E-state index in [2.05, 4.69) is 10.3 Å². The van der Waals surface area contributed by atoms with Gasteiger partial charge in [0, 0.05) is 5.56 Å². The fraction of sp³-hybridized carbons (Fsp3) is 0.333. The minimum atomic E-state index is -1.28. The zero-order valence-corrected chi connectivity index (χ0v) is 12.4. The SMILES string of the molecule is CC(C)C1(C)N=C(c2ccc(C(=O)O)cc2C(=O)O)NC1=O. The molecule has 7 heteroatoms. The maximum absolute atomic E-state index is 12.1. The summed E-state index contributed by atoms with van der Waals surface area (Å²) in [6.45, 7) is 5.36. The molecule has 22 heavy (non-hydrogen) atoms. The second kappa shape index (κ2) is 5.25. The van der Waals surface area contributed by atoms with Crippen LogP contribution >= 0.6 is 0 Å². The predicted octanol–water partition coefficient (Wildman–Crippen LogP) is 1.37. The van der Waals surface area contributed by atoms with Gasteiger partial charge in [-0.25, -0.2) is 9.59 Å². The van der Waals surface area contributed by atoms with Crippen LogP contribution in [0.5, 0.6) is 0 Å². The topological polar surface area (TPSA) is 116 Å². The van der Waals surface area contributed by atoms with Crippen LogP contribution in [0.4, 0.5) is 0 Å². The van der Waals surface area contributed by atoms with Gasteiger partial charge in [0.05, 0.1) is 11.1 Å². The number of amidine groups is 1. The molecule has 7 nitrogen and oxygen atoms in total. The molecule has 1 heterocycles. The first kappa shape index (κ1) is 15.7. The molecule has 1 aromatic rings. The van der Waals surface area contributed by atoms with Gasteiger partial charge in [0.15, 0.2) is 0 Å². The number of amides is 1. The maximum Gasteiger partial charge on any atom is 0.336 e. The monoisotopic (exact) mass is 304 g/mol. The van der Waals surface area contributed by atoms with Gasteiger partial charge in [0.25, 0.3) is 5.91 Å². The highest BCUT2D eigenvalue weighted by molar-refractivity contribution is 6.18. The molecule has 0 saturated carbocycles. The van der Waals surface area contributed by atoms with Gasteiger partial charge in [-0.3, -0.25) is 9.79 Å². The van der Waals surface area contributed by atoms with Gasteiger partial charge in [0.2, 0.25) is 0 Å². The normalized spacial score (nSPS) is 20.7. The van der Waals surface area contributed by atoms with Crippen LogP contribution in [-0.4, -0.2) is 39.4 Å². The summed E-state index contributed by atoms with van der Waals surface area (Å²) in [7, 11) is 0. The molecule has 0 fully saturated rings. The lowest BCUT2D eigenvalue weighted by Gasteiger charge is -2.21. The number of carbonyl (C=O) groups excluding carboxylic acids is 1. The highest BCUT2D eigenvalue weighted by Crippen LogP contribution is 2.27. The van der Waals surface area contributed by atoms with Gasteiger partial charge in [-0.2, -0.15) is 0 Å². The number of hydrogen-bond acceptors (Lipinski definition) is 4. The largest absolute Gasteiger partial charge is 0.478 e. The molecule has 116 valence electrons. The molecular formula is C15H16N2O5. The van der Waals surface area contributed by atoms with Crippen molar-refractivity contribution in [2.24, 2.45) is 10.9 Å². The third-order valence-corrected chi connectivity index (χ3v) is 3.91. The van der Waals surface area contributed by atoms with Gasteiger partial charge < -0.3 is 15.5 Å². The minimum absolute atomic E-state index is 0.0726. The maximum atomic E-state index is 12.1. The van der Waals surface area contributed by atoms with Crippen LogP contribution in [0.25, 0.3) is 0 Å². The molecule has 3 N–H and O–H groups in total. The first-order valence-electron chi connectivity index (χ1n) is 6.69. The Kier molecular flexibility index (Phi) is 3.74. The standard InChI is InChI=1S/C15H16N2O5/c1-7(2)15(3)14(22)16-11(17-15)9-5-4-8(12(18)19)6-10(9)13(20)21/h4-7H,1-3H3,(H,18,19)(H,20,21)(H,16,17,22). The second-order valence-corrected chi connectivity index (χ2v) is 5.59. The van der Waals surface area contributed by atoms with Crippen LogP contribution < -0.4 is 5.32 Å². The molecule has 1 atom stereocenters. The van der Waals surface area contributed by atoms with E-state index < -0.39 is 17.5 Å². The summed E-state index contributed by atoms with van der Waals surface area (Å²) < 4.78 is 0. The van der Waals surface area contributed by atoms with E-state index >= 15 is 0 Å². The average molecular weight is 304 g/mol. The Morgan fingerprint density at radius 1 is 1.23 bits per heavy atom. The van der Waals surface area contributed by atoms with E-state index in [0.717, 1.165) is 6.07 Å². The van der Waals surface area contributed by atoms with Crippen LogP contribution in [-0.2, 0) is 4.79 Å². The first-order chi connectivity index (χ1) is 10.2. The molecule has 1 aliphatic heterocycles. The van der Waals surface area contributed by atoms with Crippen LogP contribution in [0.15, 0.2) is 23.2 Å². The van der Waals surface area contributed by atoms with E-state index in [9.17, 15) is 19.5 Å². The van der Waals surface area contributed by atoms with E-state index in [4.69, 9.17) is 5.11 Å². The van der Waals surface area contributed by atoms with Crippen LogP contribution in [0.2, 0.25) is 0 Å². The van der Waals surface area contributed by atoms with Crippen molar-refractivity contribution in [3.8, 4) is 0 Å². The van der Waals surface area contributed by atoms with Gasteiger partial charge in [-0.05, 0) is 31.0 Å². The zero-order chi connectivity index (χ0) is 16.7. The van der Waals surface area contributed by atoms with Crippen LogP contribution in [0.3, 0.4) is 0 Å². The number of hydrogen-bond donors (Lipinski definition) is 3. The number of aromatic carboxylic acids is 2. The lowest BCUT2D eigenvalue weighted by molar-refractivity contribution is -0.124. The van der Waals surface area contributed by atoms with Crippen molar-refractivity contribution in [2.75, 3.05) is 0 Å². The number of carboxylic acids is 2. The Labute approximate surface area is 126 Å². The van der Waals surface area contributed by atoms with Crippen molar-refractivity contribution in [2.45, 2.75) is 26.3 Å². The molecule has 1 unspecified atom stereocenters. The summed E-state index contributed by atoms with van der Waals surface area (Å²) in [6.07, 6.45) is 0. The third kappa shape index (κ3) is 2.45. The van der Waals surface area contributed by atoms with Crippen molar-refractivity contribution in [3.05, 3.63) is 34.9 Å². The Morgan fingerprint density at radius 3 is 2.32 bits per heavy atom. The molecule has 0 radical (unpaired) electrons. The van der Waals surface area contributed by atoms with Gasteiger partial charge >= 0.3 is 11.9 Å². The number of rotatable bonds is 4. The van der Waals surface area contributed by atoms with Crippen molar-refractivity contribution in [1.82, 2.24) is 5.32 Å².